The van der Waals surface area contributed by atoms with Crippen molar-refractivity contribution in [2.24, 2.45) is 0 Å². The quantitative estimate of drug-likeness (QED) is 0.860. The van der Waals surface area contributed by atoms with E-state index in [0.29, 0.717) is 17.1 Å². The smallest absolute Gasteiger partial charge is 0.387 e. The summed E-state index contributed by atoms with van der Waals surface area (Å²) in [4.78, 5) is 4.14. The summed E-state index contributed by atoms with van der Waals surface area (Å²) < 4.78 is 35.8. The minimum atomic E-state index is -2.95. The number of aromatic nitrogens is 2. The lowest BCUT2D eigenvalue weighted by atomic mass is 10.1. The summed E-state index contributed by atoms with van der Waals surface area (Å²) in [6.07, 6.45) is 6.71. The summed E-state index contributed by atoms with van der Waals surface area (Å²) in [6.45, 7) is -2.68. The summed E-state index contributed by atoms with van der Waals surface area (Å²) in [6, 6.07) is 4.55. The van der Waals surface area contributed by atoms with Gasteiger partial charge < -0.3 is 19.8 Å². The van der Waals surface area contributed by atoms with Crippen LogP contribution < -0.4 is 15.2 Å². The van der Waals surface area contributed by atoms with Crippen molar-refractivity contribution in [3.63, 3.8) is 0 Å². The average Bonchev–Trinajstić information content (AvgIpc) is 2.80. The van der Waals surface area contributed by atoms with Crippen LogP contribution in [0.25, 0.3) is 11.3 Å². The second kappa shape index (κ2) is 6.13. The van der Waals surface area contributed by atoms with Crippen LogP contribution in [-0.2, 0) is 6.54 Å². The molecular formula is C14H13F2N3O2. The van der Waals surface area contributed by atoms with Crippen LogP contribution in [0.3, 0.4) is 0 Å². The van der Waals surface area contributed by atoms with Gasteiger partial charge in [-0.25, -0.2) is 4.98 Å². The van der Waals surface area contributed by atoms with E-state index in [0.717, 1.165) is 0 Å². The number of nitrogens with zero attached hydrogens (tertiary/aromatic N) is 2. The molecule has 7 heteroatoms. The number of terminal acetylenes is 1. The van der Waals surface area contributed by atoms with Gasteiger partial charge in [-0.3, -0.25) is 0 Å². The van der Waals surface area contributed by atoms with Gasteiger partial charge in [-0.05, 0) is 18.2 Å². The minimum Gasteiger partial charge on any atom is -0.493 e. The van der Waals surface area contributed by atoms with E-state index < -0.39 is 6.61 Å². The van der Waals surface area contributed by atoms with Crippen molar-refractivity contribution < 1.29 is 18.3 Å². The molecule has 0 fully saturated rings. The van der Waals surface area contributed by atoms with Gasteiger partial charge in [-0.2, -0.15) is 8.78 Å². The van der Waals surface area contributed by atoms with Gasteiger partial charge in [-0.15, -0.1) is 6.42 Å². The van der Waals surface area contributed by atoms with Gasteiger partial charge >= 0.3 is 6.61 Å². The number of benzene rings is 1. The molecule has 2 N–H and O–H groups in total. The Labute approximate surface area is 120 Å². The molecule has 0 aliphatic carbocycles. The first-order valence-corrected chi connectivity index (χ1v) is 5.94. The Hall–Kier alpha value is -2.75. The van der Waals surface area contributed by atoms with E-state index in [1.165, 1.54) is 25.6 Å². The summed E-state index contributed by atoms with van der Waals surface area (Å²) in [5.41, 5.74) is 6.89. The van der Waals surface area contributed by atoms with Crippen molar-refractivity contribution in [2.45, 2.75) is 13.2 Å². The van der Waals surface area contributed by atoms with E-state index in [4.69, 9.17) is 16.9 Å². The number of nitrogens with two attached hydrogens (primary N) is 1. The zero-order valence-electron chi connectivity index (χ0n) is 11.2. The monoisotopic (exact) mass is 293 g/mol. The molecule has 0 amide bonds. The molecule has 5 nitrogen and oxygen atoms in total. The maximum Gasteiger partial charge on any atom is 0.387 e. The van der Waals surface area contributed by atoms with E-state index >= 15 is 0 Å². The molecule has 0 radical (unpaired) electrons. The van der Waals surface area contributed by atoms with E-state index in [1.807, 2.05) is 0 Å². The Morgan fingerprint density at radius 3 is 2.81 bits per heavy atom. The fourth-order valence-corrected chi connectivity index (χ4v) is 1.85. The summed E-state index contributed by atoms with van der Waals surface area (Å²) >= 11 is 0. The molecule has 2 aromatic rings. The highest BCUT2D eigenvalue weighted by atomic mass is 19.3. The van der Waals surface area contributed by atoms with Crippen molar-refractivity contribution in [1.82, 2.24) is 9.55 Å². The Morgan fingerprint density at radius 1 is 1.43 bits per heavy atom. The van der Waals surface area contributed by atoms with Gasteiger partial charge in [0.05, 0.1) is 20.0 Å². The molecule has 0 bridgehead atoms. The number of hydrogen-bond acceptors (Lipinski definition) is 4. The molecule has 0 saturated carbocycles. The predicted octanol–water partition coefficient (Wildman–Crippen LogP) is 2.38. The average molecular weight is 293 g/mol. The second-order valence-electron chi connectivity index (χ2n) is 4.05. The molecule has 110 valence electrons. The molecule has 0 spiro atoms. The van der Waals surface area contributed by atoms with Gasteiger partial charge in [0.1, 0.15) is 11.5 Å². The Kier molecular flexibility index (Phi) is 4.28. The molecule has 21 heavy (non-hydrogen) atoms. The molecule has 0 saturated heterocycles. The number of methoxy groups -OCH3 is 1. The van der Waals surface area contributed by atoms with Crippen LogP contribution in [0.1, 0.15) is 0 Å². The second-order valence-corrected chi connectivity index (χ2v) is 4.05. The van der Waals surface area contributed by atoms with Crippen molar-refractivity contribution in [1.29, 1.82) is 0 Å². The lowest BCUT2D eigenvalue weighted by Crippen LogP contribution is -2.04. The van der Waals surface area contributed by atoms with E-state index in [-0.39, 0.29) is 18.0 Å². The number of nitrogen functional groups attached to an aromatic ring is 1. The normalized spacial score (nSPS) is 10.4. The molecule has 1 aromatic heterocycles. The van der Waals surface area contributed by atoms with Crippen molar-refractivity contribution in [3.05, 3.63) is 24.5 Å². The molecule has 0 atom stereocenters. The highest BCUT2D eigenvalue weighted by Crippen LogP contribution is 2.34. The molecule has 0 aliphatic rings. The Balaban J connectivity index is 2.43. The molecule has 1 aromatic carbocycles. The van der Waals surface area contributed by atoms with Crippen LogP contribution in [0.15, 0.2) is 24.5 Å². The minimum absolute atomic E-state index is 0.0871. The van der Waals surface area contributed by atoms with Gasteiger partial charge in [0, 0.05) is 5.56 Å². The largest absolute Gasteiger partial charge is 0.493 e. The van der Waals surface area contributed by atoms with Gasteiger partial charge in [0.2, 0.25) is 0 Å². The fraction of sp³-hybridized carbons (Fsp3) is 0.214. The standard InChI is InChI=1S/C14H13F2N3O2/c1-3-6-19-8-18-12(13(19)17)9-4-5-10(20-2)11(7-9)21-14(15)16/h1,4-5,7-8,14H,6,17H2,2H3. The highest BCUT2D eigenvalue weighted by Gasteiger charge is 2.15. The van der Waals surface area contributed by atoms with Crippen molar-refractivity contribution in [3.8, 4) is 35.1 Å². The number of imidazole rings is 1. The summed E-state index contributed by atoms with van der Waals surface area (Å²) in [5.74, 6) is 2.90. The summed E-state index contributed by atoms with van der Waals surface area (Å²) in [5, 5.41) is 0. The third kappa shape index (κ3) is 3.05. The number of alkyl halides is 2. The number of ether oxygens (including phenoxy) is 2. The first-order chi connectivity index (χ1) is 10.1. The van der Waals surface area contributed by atoms with E-state index in [9.17, 15) is 8.78 Å². The Morgan fingerprint density at radius 2 is 2.19 bits per heavy atom. The number of rotatable bonds is 5. The van der Waals surface area contributed by atoms with Gasteiger partial charge in [0.15, 0.2) is 11.5 Å². The van der Waals surface area contributed by atoms with Gasteiger partial charge in [0.25, 0.3) is 0 Å². The third-order valence-electron chi connectivity index (χ3n) is 2.79. The van der Waals surface area contributed by atoms with Crippen LogP contribution in [0, 0.1) is 12.3 Å². The van der Waals surface area contributed by atoms with Crippen LogP contribution in [-0.4, -0.2) is 23.3 Å². The van der Waals surface area contributed by atoms with E-state index in [1.54, 1.807) is 10.6 Å². The van der Waals surface area contributed by atoms with E-state index in [2.05, 4.69) is 15.6 Å². The van der Waals surface area contributed by atoms with Crippen LogP contribution >= 0.6 is 0 Å². The molecule has 0 aliphatic heterocycles. The lowest BCUT2D eigenvalue weighted by molar-refractivity contribution is -0.0511. The zero-order chi connectivity index (χ0) is 15.4. The maximum absolute atomic E-state index is 12.4. The number of halogens is 2. The SMILES string of the molecule is C#CCn1cnc(-c2ccc(OC)c(OC(F)F)c2)c1N. The summed E-state index contributed by atoms with van der Waals surface area (Å²) in [7, 11) is 1.36. The van der Waals surface area contributed by atoms with Gasteiger partial charge in [-0.1, -0.05) is 5.92 Å². The zero-order valence-corrected chi connectivity index (χ0v) is 11.2. The highest BCUT2D eigenvalue weighted by molar-refractivity contribution is 5.72. The van der Waals surface area contributed by atoms with Crippen LogP contribution in [0.5, 0.6) is 11.5 Å². The number of anilines is 1. The maximum atomic E-state index is 12.4. The number of hydrogen-bond donors (Lipinski definition) is 1. The first-order valence-electron chi connectivity index (χ1n) is 5.94. The predicted molar refractivity (Wildman–Crippen MR) is 74.1 cm³/mol. The van der Waals surface area contributed by atoms with Crippen molar-refractivity contribution >= 4 is 5.82 Å². The van der Waals surface area contributed by atoms with Crippen LogP contribution in [0.2, 0.25) is 0 Å². The van der Waals surface area contributed by atoms with Crippen molar-refractivity contribution in [2.75, 3.05) is 12.8 Å². The fourth-order valence-electron chi connectivity index (χ4n) is 1.85. The third-order valence-corrected chi connectivity index (χ3v) is 2.79. The molecule has 0 unspecified atom stereocenters. The molecular weight excluding hydrogens is 280 g/mol. The molecule has 2 rings (SSSR count). The first kappa shape index (κ1) is 14.7. The van der Waals surface area contributed by atoms with Crippen LogP contribution in [0.4, 0.5) is 14.6 Å². The topological polar surface area (TPSA) is 62.3 Å². The molecule has 1 heterocycles. The lowest BCUT2D eigenvalue weighted by Gasteiger charge is -2.11. The Bertz CT molecular complexity index is 677.